The summed E-state index contributed by atoms with van der Waals surface area (Å²) in [6.45, 7) is 5.54. The van der Waals surface area contributed by atoms with Crippen molar-refractivity contribution in [2.24, 2.45) is 5.92 Å². The first kappa shape index (κ1) is 20.9. The van der Waals surface area contributed by atoms with Gasteiger partial charge in [-0.05, 0) is 19.2 Å². The van der Waals surface area contributed by atoms with Crippen molar-refractivity contribution in [1.82, 2.24) is 10.3 Å². The third kappa shape index (κ3) is 5.61. The Morgan fingerprint density at radius 1 is 1.41 bits per heavy atom. The monoisotopic (exact) mass is 350 g/mol. The molecular formula is C14H24Cl2N4O2. The molecule has 126 valence electrons. The van der Waals surface area contributed by atoms with E-state index >= 15 is 0 Å². The molecule has 0 spiro atoms. The molecule has 1 unspecified atom stereocenters. The molecule has 0 aromatic carbocycles. The molecule has 0 saturated carbocycles. The number of nitrogens with zero attached hydrogens (tertiary/aromatic N) is 2. The summed E-state index contributed by atoms with van der Waals surface area (Å²) in [6.07, 6.45) is 1.75. The van der Waals surface area contributed by atoms with Crippen LogP contribution in [0.15, 0.2) is 18.3 Å². The van der Waals surface area contributed by atoms with E-state index in [1.807, 2.05) is 26.1 Å². The van der Waals surface area contributed by atoms with Crippen LogP contribution in [0.3, 0.4) is 0 Å². The zero-order valence-electron chi connectivity index (χ0n) is 12.9. The van der Waals surface area contributed by atoms with Gasteiger partial charge in [0.05, 0.1) is 18.9 Å². The lowest BCUT2D eigenvalue weighted by molar-refractivity contribution is -0.119. The van der Waals surface area contributed by atoms with Gasteiger partial charge in [-0.25, -0.2) is 4.98 Å². The number of halogens is 2. The van der Waals surface area contributed by atoms with Crippen molar-refractivity contribution in [3.05, 3.63) is 18.3 Å². The molecule has 8 heteroatoms. The number of ether oxygens (including phenoxy) is 1. The molecule has 1 aliphatic rings. The van der Waals surface area contributed by atoms with E-state index in [2.05, 4.69) is 20.5 Å². The second-order valence-electron chi connectivity index (χ2n) is 4.92. The average Bonchev–Trinajstić information content (AvgIpc) is 2.49. The Balaban J connectivity index is 0.00000220. The van der Waals surface area contributed by atoms with E-state index in [1.54, 1.807) is 6.20 Å². The van der Waals surface area contributed by atoms with Crippen molar-refractivity contribution >= 4 is 42.2 Å². The average molecular weight is 351 g/mol. The van der Waals surface area contributed by atoms with Crippen LogP contribution in [0.4, 0.5) is 11.5 Å². The van der Waals surface area contributed by atoms with E-state index in [-0.39, 0.29) is 36.6 Å². The lowest BCUT2D eigenvalue weighted by Crippen LogP contribution is -2.37. The minimum Gasteiger partial charge on any atom is -0.378 e. The number of morpholine rings is 1. The second-order valence-corrected chi connectivity index (χ2v) is 4.92. The minimum absolute atomic E-state index is 0. The van der Waals surface area contributed by atoms with Crippen molar-refractivity contribution < 1.29 is 9.53 Å². The first-order valence-corrected chi connectivity index (χ1v) is 6.95. The molecule has 0 radical (unpaired) electrons. The van der Waals surface area contributed by atoms with Crippen LogP contribution in [-0.4, -0.2) is 50.8 Å². The SMILES string of the molecule is CNCC(C)C(=O)Nc1cccnc1N1CCOCC1.Cl.Cl. The molecule has 6 nitrogen and oxygen atoms in total. The zero-order chi connectivity index (χ0) is 14.4. The summed E-state index contributed by atoms with van der Waals surface area (Å²) in [4.78, 5) is 18.7. The van der Waals surface area contributed by atoms with Gasteiger partial charge in [0.2, 0.25) is 5.91 Å². The Morgan fingerprint density at radius 3 is 2.73 bits per heavy atom. The summed E-state index contributed by atoms with van der Waals surface area (Å²) < 4.78 is 5.35. The van der Waals surface area contributed by atoms with Crippen LogP contribution in [-0.2, 0) is 9.53 Å². The lowest BCUT2D eigenvalue weighted by Gasteiger charge is -2.29. The molecular weight excluding hydrogens is 327 g/mol. The highest BCUT2D eigenvalue weighted by Crippen LogP contribution is 2.23. The predicted molar refractivity (Wildman–Crippen MR) is 93.5 cm³/mol. The Hall–Kier alpha value is -1.08. The van der Waals surface area contributed by atoms with E-state index in [9.17, 15) is 4.79 Å². The van der Waals surface area contributed by atoms with Crippen LogP contribution in [0.2, 0.25) is 0 Å². The van der Waals surface area contributed by atoms with Crippen LogP contribution in [0.1, 0.15) is 6.92 Å². The van der Waals surface area contributed by atoms with Crippen LogP contribution >= 0.6 is 24.8 Å². The largest absolute Gasteiger partial charge is 0.378 e. The molecule has 0 aliphatic carbocycles. The fourth-order valence-electron chi connectivity index (χ4n) is 2.18. The Morgan fingerprint density at radius 2 is 2.09 bits per heavy atom. The van der Waals surface area contributed by atoms with E-state index in [0.717, 1.165) is 24.6 Å². The normalized spacial score (nSPS) is 15.3. The van der Waals surface area contributed by atoms with E-state index in [4.69, 9.17) is 4.74 Å². The first-order chi connectivity index (χ1) is 9.72. The third-order valence-electron chi connectivity index (χ3n) is 3.31. The smallest absolute Gasteiger partial charge is 0.228 e. The predicted octanol–water partition coefficient (Wildman–Crippen LogP) is 1.56. The number of hydrogen-bond acceptors (Lipinski definition) is 5. The van der Waals surface area contributed by atoms with Crippen molar-refractivity contribution in [2.75, 3.05) is 50.1 Å². The van der Waals surface area contributed by atoms with Crippen molar-refractivity contribution in [2.45, 2.75) is 6.92 Å². The summed E-state index contributed by atoms with van der Waals surface area (Å²) in [5.41, 5.74) is 0.766. The number of pyridine rings is 1. The maximum Gasteiger partial charge on any atom is 0.228 e. The summed E-state index contributed by atoms with van der Waals surface area (Å²) in [5.74, 6) is 0.736. The van der Waals surface area contributed by atoms with Gasteiger partial charge in [0.1, 0.15) is 0 Å². The number of aromatic nitrogens is 1. The van der Waals surface area contributed by atoms with Crippen LogP contribution < -0.4 is 15.5 Å². The molecule has 1 fully saturated rings. The highest BCUT2D eigenvalue weighted by atomic mass is 35.5. The van der Waals surface area contributed by atoms with Gasteiger partial charge in [-0.15, -0.1) is 24.8 Å². The summed E-state index contributed by atoms with van der Waals surface area (Å²) in [5, 5.41) is 5.98. The van der Waals surface area contributed by atoms with Crippen molar-refractivity contribution in [1.29, 1.82) is 0 Å². The number of carbonyl (C=O) groups excluding carboxylic acids is 1. The molecule has 2 N–H and O–H groups in total. The first-order valence-electron chi connectivity index (χ1n) is 6.95. The van der Waals surface area contributed by atoms with Crippen molar-refractivity contribution in [3.63, 3.8) is 0 Å². The minimum atomic E-state index is -0.0854. The number of anilines is 2. The molecule has 0 bridgehead atoms. The fraction of sp³-hybridized carbons (Fsp3) is 0.571. The van der Waals surface area contributed by atoms with Gasteiger partial charge in [0.15, 0.2) is 5.82 Å². The van der Waals surface area contributed by atoms with Crippen LogP contribution in [0.25, 0.3) is 0 Å². The molecule has 1 atom stereocenters. The van der Waals surface area contributed by atoms with Crippen molar-refractivity contribution in [3.8, 4) is 0 Å². The van der Waals surface area contributed by atoms with Crippen LogP contribution in [0, 0.1) is 5.92 Å². The molecule has 1 aliphatic heterocycles. The van der Waals surface area contributed by atoms with Gasteiger partial charge >= 0.3 is 0 Å². The molecule has 22 heavy (non-hydrogen) atoms. The topological polar surface area (TPSA) is 66.5 Å². The van der Waals surface area contributed by atoms with Gasteiger partial charge in [-0.3, -0.25) is 4.79 Å². The zero-order valence-corrected chi connectivity index (χ0v) is 14.5. The molecule has 2 heterocycles. The number of carbonyl (C=O) groups is 1. The summed E-state index contributed by atoms with van der Waals surface area (Å²) in [7, 11) is 1.84. The summed E-state index contributed by atoms with van der Waals surface area (Å²) >= 11 is 0. The molecule has 1 saturated heterocycles. The lowest BCUT2D eigenvalue weighted by atomic mass is 10.1. The number of rotatable bonds is 5. The Bertz CT molecular complexity index is 456. The second kappa shape index (κ2) is 10.6. The van der Waals surface area contributed by atoms with Crippen LogP contribution in [0.5, 0.6) is 0 Å². The number of hydrogen-bond donors (Lipinski definition) is 2. The molecule has 2 rings (SSSR count). The van der Waals surface area contributed by atoms with Gasteiger partial charge in [-0.2, -0.15) is 0 Å². The maximum absolute atomic E-state index is 12.1. The number of nitrogens with one attached hydrogen (secondary N) is 2. The van der Waals surface area contributed by atoms with Gasteiger partial charge in [-0.1, -0.05) is 6.92 Å². The fourth-order valence-corrected chi connectivity index (χ4v) is 2.18. The standard InChI is InChI=1S/C14H22N4O2.2ClH/c1-11(10-15-2)14(19)17-12-4-3-5-16-13(12)18-6-8-20-9-7-18;;/h3-5,11,15H,6-10H2,1-2H3,(H,17,19);2*1H. The summed E-state index contributed by atoms with van der Waals surface area (Å²) in [6, 6.07) is 3.73. The Kier molecular flexibility index (Phi) is 10.1. The molecule has 1 aromatic heterocycles. The third-order valence-corrected chi connectivity index (χ3v) is 3.31. The van der Waals surface area contributed by atoms with Gasteiger partial charge in [0.25, 0.3) is 0 Å². The Labute approximate surface area is 143 Å². The highest BCUT2D eigenvalue weighted by molar-refractivity contribution is 5.95. The molecule has 1 amide bonds. The number of amides is 1. The van der Waals surface area contributed by atoms with Gasteiger partial charge < -0.3 is 20.3 Å². The highest BCUT2D eigenvalue weighted by Gasteiger charge is 2.19. The van der Waals surface area contributed by atoms with Gasteiger partial charge in [0, 0.05) is 31.7 Å². The maximum atomic E-state index is 12.1. The van der Waals surface area contributed by atoms with E-state index in [1.165, 1.54) is 0 Å². The van der Waals surface area contributed by atoms with E-state index in [0.29, 0.717) is 19.8 Å². The van der Waals surface area contributed by atoms with E-state index < -0.39 is 0 Å². The quantitative estimate of drug-likeness (QED) is 0.843. The molecule has 1 aromatic rings.